The maximum atomic E-state index is 12.0. The minimum Gasteiger partial charge on any atom is -0.349 e. The zero-order valence-electron chi connectivity index (χ0n) is 12.6. The predicted octanol–water partition coefficient (Wildman–Crippen LogP) is 2.89. The average molecular weight is 293 g/mol. The number of pyridine rings is 1. The van der Waals surface area contributed by atoms with Crippen molar-refractivity contribution in [3.63, 3.8) is 0 Å². The number of carbonyl (C=O) groups is 1. The second kappa shape index (κ2) is 6.43. The molecule has 3 rings (SSSR count). The first-order chi connectivity index (χ1) is 10.7. The first-order valence-electron chi connectivity index (χ1n) is 7.46. The Balaban J connectivity index is 1.55. The molecule has 2 aromatic heterocycles. The molecule has 0 saturated heterocycles. The molecule has 3 aromatic rings. The number of aromatic nitrogens is 2. The minimum absolute atomic E-state index is 0.0518. The lowest BCUT2D eigenvalue weighted by Crippen LogP contribution is -2.24. The summed E-state index contributed by atoms with van der Waals surface area (Å²) in [7, 11) is 0. The molecule has 0 saturated carbocycles. The van der Waals surface area contributed by atoms with Gasteiger partial charge in [0.2, 0.25) is 5.91 Å². The van der Waals surface area contributed by atoms with Crippen LogP contribution in [0, 0.1) is 6.92 Å². The van der Waals surface area contributed by atoms with E-state index < -0.39 is 0 Å². The smallest absolute Gasteiger partial charge is 0.220 e. The van der Waals surface area contributed by atoms with Crippen LogP contribution in [0.15, 0.2) is 54.9 Å². The third-order valence-corrected chi connectivity index (χ3v) is 3.84. The Morgan fingerprint density at radius 1 is 1.18 bits per heavy atom. The molecule has 0 spiro atoms. The molecule has 0 atom stereocenters. The van der Waals surface area contributed by atoms with E-state index in [-0.39, 0.29) is 5.91 Å². The third-order valence-electron chi connectivity index (χ3n) is 3.84. The number of imidazole rings is 1. The molecule has 0 bridgehead atoms. The number of benzene rings is 1. The second-order valence-corrected chi connectivity index (χ2v) is 5.37. The fourth-order valence-corrected chi connectivity index (χ4v) is 2.54. The van der Waals surface area contributed by atoms with Crippen molar-refractivity contribution in [3.8, 4) is 0 Å². The van der Waals surface area contributed by atoms with Crippen molar-refractivity contribution in [2.24, 2.45) is 0 Å². The summed E-state index contributed by atoms with van der Waals surface area (Å²) in [4.78, 5) is 16.4. The van der Waals surface area contributed by atoms with Crippen LogP contribution in [-0.4, -0.2) is 15.3 Å². The van der Waals surface area contributed by atoms with Crippen molar-refractivity contribution < 1.29 is 4.79 Å². The zero-order chi connectivity index (χ0) is 15.4. The van der Waals surface area contributed by atoms with Crippen molar-refractivity contribution in [1.82, 2.24) is 14.7 Å². The van der Waals surface area contributed by atoms with Crippen molar-refractivity contribution in [2.45, 2.75) is 26.3 Å². The number of carbonyl (C=O) groups excluding carboxylic acids is 1. The molecule has 1 amide bonds. The van der Waals surface area contributed by atoms with E-state index >= 15 is 0 Å². The van der Waals surface area contributed by atoms with E-state index in [0.717, 1.165) is 17.8 Å². The first-order valence-corrected chi connectivity index (χ1v) is 7.46. The van der Waals surface area contributed by atoms with Crippen LogP contribution in [0.1, 0.15) is 23.4 Å². The van der Waals surface area contributed by atoms with Gasteiger partial charge in [0.1, 0.15) is 5.82 Å². The van der Waals surface area contributed by atoms with E-state index in [2.05, 4.69) is 29.4 Å². The highest BCUT2D eigenvalue weighted by atomic mass is 16.1. The Bertz CT molecular complexity index is 792. The normalized spacial score (nSPS) is 10.8. The van der Waals surface area contributed by atoms with E-state index in [0.29, 0.717) is 13.0 Å². The molecule has 1 N–H and O–H groups in total. The van der Waals surface area contributed by atoms with Gasteiger partial charge in [0.05, 0.1) is 18.3 Å². The Morgan fingerprint density at radius 2 is 2.00 bits per heavy atom. The summed E-state index contributed by atoms with van der Waals surface area (Å²) >= 11 is 0. The van der Waals surface area contributed by atoms with Gasteiger partial charge in [-0.1, -0.05) is 30.3 Å². The van der Waals surface area contributed by atoms with Crippen LogP contribution in [-0.2, 0) is 17.8 Å². The summed E-state index contributed by atoms with van der Waals surface area (Å²) in [5, 5.41) is 2.94. The van der Waals surface area contributed by atoms with Gasteiger partial charge in [0.25, 0.3) is 0 Å². The third kappa shape index (κ3) is 3.17. The number of fused-ring (bicyclic) bond motifs is 1. The molecule has 0 unspecified atom stereocenters. The largest absolute Gasteiger partial charge is 0.349 e. The fraction of sp³-hybridized carbons (Fsp3) is 0.222. The number of rotatable bonds is 5. The Kier molecular flexibility index (Phi) is 4.19. The molecule has 0 radical (unpaired) electrons. The maximum Gasteiger partial charge on any atom is 0.220 e. The average Bonchev–Trinajstić information content (AvgIpc) is 2.95. The molecular weight excluding hydrogens is 274 g/mol. The standard InChI is InChI=1S/C18H19N3O/c1-14-6-2-3-7-15(14)9-10-18(22)20-13-17-19-12-16-8-4-5-11-21(16)17/h2-8,11-12H,9-10,13H2,1H3,(H,20,22). The quantitative estimate of drug-likeness (QED) is 0.786. The monoisotopic (exact) mass is 293 g/mol. The van der Waals surface area contributed by atoms with E-state index in [1.807, 2.05) is 47.1 Å². The zero-order valence-corrected chi connectivity index (χ0v) is 12.6. The van der Waals surface area contributed by atoms with Crippen LogP contribution in [0.4, 0.5) is 0 Å². The van der Waals surface area contributed by atoms with Crippen molar-refractivity contribution in [2.75, 3.05) is 0 Å². The van der Waals surface area contributed by atoms with Crippen LogP contribution in [0.5, 0.6) is 0 Å². The molecular formula is C18H19N3O. The van der Waals surface area contributed by atoms with Gasteiger partial charge < -0.3 is 9.72 Å². The van der Waals surface area contributed by atoms with E-state index in [1.165, 1.54) is 11.1 Å². The summed E-state index contributed by atoms with van der Waals surface area (Å²) in [5.41, 5.74) is 3.49. The van der Waals surface area contributed by atoms with Crippen LogP contribution in [0.2, 0.25) is 0 Å². The first kappa shape index (κ1) is 14.3. The number of nitrogens with one attached hydrogen (secondary N) is 1. The molecule has 2 heterocycles. The van der Waals surface area contributed by atoms with Crippen molar-refractivity contribution in [3.05, 3.63) is 71.8 Å². The maximum absolute atomic E-state index is 12.0. The van der Waals surface area contributed by atoms with Gasteiger partial charge in [-0.15, -0.1) is 0 Å². The Labute approximate surface area is 129 Å². The summed E-state index contributed by atoms with van der Waals surface area (Å²) in [6.07, 6.45) is 5.03. The van der Waals surface area contributed by atoms with Gasteiger partial charge in [-0.05, 0) is 36.6 Å². The van der Waals surface area contributed by atoms with Crippen LogP contribution in [0.25, 0.3) is 5.52 Å². The summed E-state index contributed by atoms with van der Waals surface area (Å²) in [6.45, 7) is 2.52. The highest BCUT2D eigenvalue weighted by Gasteiger charge is 2.07. The topological polar surface area (TPSA) is 46.4 Å². The summed E-state index contributed by atoms with van der Waals surface area (Å²) in [5.74, 6) is 0.899. The molecule has 4 nitrogen and oxygen atoms in total. The van der Waals surface area contributed by atoms with E-state index in [9.17, 15) is 4.79 Å². The number of nitrogens with zero attached hydrogens (tertiary/aromatic N) is 2. The molecule has 22 heavy (non-hydrogen) atoms. The van der Waals surface area contributed by atoms with Gasteiger partial charge in [0, 0.05) is 12.6 Å². The molecule has 0 aliphatic heterocycles. The predicted molar refractivity (Wildman–Crippen MR) is 86.5 cm³/mol. The number of hydrogen-bond acceptors (Lipinski definition) is 2. The van der Waals surface area contributed by atoms with Crippen LogP contribution >= 0.6 is 0 Å². The van der Waals surface area contributed by atoms with Crippen LogP contribution in [0.3, 0.4) is 0 Å². The Morgan fingerprint density at radius 3 is 2.86 bits per heavy atom. The van der Waals surface area contributed by atoms with Gasteiger partial charge >= 0.3 is 0 Å². The molecule has 0 aliphatic carbocycles. The van der Waals surface area contributed by atoms with Gasteiger partial charge in [-0.25, -0.2) is 4.98 Å². The molecule has 112 valence electrons. The molecule has 4 heteroatoms. The number of amides is 1. The van der Waals surface area contributed by atoms with Gasteiger partial charge in [0.15, 0.2) is 0 Å². The highest BCUT2D eigenvalue weighted by Crippen LogP contribution is 2.10. The van der Waals surface area contributed by atoms with Crippen molar-refractivity contribution >= 4 is 11.4 Å². The highest BCUT2D eigenvalue weighted by molar-refractivity contribution is 5.76. The number of aryl methyl sites for hydroxylation is 2. The lowest BCUT2D eigenvalue weighted by molar-refractivity contribution is -0.121. The SMILES string of the molecule is Cc1ccccc1CCC(=O)NCc1ncc2ccccn12. The Hall–Kier alpha value is -2.62. The van der Waals surface area contributed by atoms with E-state index in [1.54, 1.807) is 0 Å². The van der Waals surface area contributed by atoms with E-state index in [4.69, 9.17) is 0 Å². The van der Waals surface area contributed by atoms with Gasteiger partial charge in [-0.2, -0.15) is 0 Å². The van der Waals surface area contributed by atoms with Gasteiger partial charge in [-0.3, -0.25) is 4.79 Å². The molecule has 0 aliphatic rings. The minimum atomic E-state index is 0.0518. The van der Waals surface area contributed by atoms with Crippen molar-refractivity contribution in [1.29, 1.82) is 0 Å². The molecule has 1 aromatic carbocycles. The fourth-order valence-electron chi connectivity index (χ4n) is 2.54. The molecule has 0 fully saturated rings. The number of hydrogen-bond donors (Lipinski definition) is 1. The summed E-state index contributed by atoms with van der Waals surface area (Å²) < 4.78 is 1.99. The summed E-state index contributed by atoms with van der Waals surface area (Å²) in [6, 6.07) is 14.1. The second-order valence-electron chi connectivity index (χ2n) is 5.37. The van der Waals surface area contributed by atoms with Crippen LogP contribution < -0.4 is 5.32 Å². The lowest BCUT2D eigenvalue weighted by Gasteiger charge is -2.07. The lowest BCUT2D eigenvalue weighted by atomic mass is 10.0.